The van der Waals surface area contributed by atoms with Crippen LogP contribution < -0.4 is 0 Å². The zero-order valence-electron chi connectivity index (χ0n) is 13.5. The van der Waals surface area contributed by atoms with Crippen LogP contribution in [0.2, 0.25) is 0 Å². The molecule has 20 heavy (non-hydrogen) atoms. The fraction of sp³-hybridized carbons (Fsp3) is 0.889. The van der Waals surface area contributed by atoms with Crippen molar-refractivity contribution in [1.82, 2.24) is 0 Å². The fourth-order valence-electron chi connectivity index (χ4n) is 6.26. The second-order valence-electron chi connectivity index (χ2n) is 8.52. The largest absolute Gasteiger partial charge is 0.381 e. The van der Waals surface area contributed by atoms with Crippen LogP contribution >= 0.6 is 0 Å². The van der Waals surface area contributed by atoms with E-state index < -0.39 is 0 Å². The van der Waals surface area contributed by atoms with Gasteiger partial charge in [-0.05, 0) is 60.7 Å². The second kappa shape index (κ2) is 4.32. The zero-order chi connectivity index (χ0) is 14.8. The van der Waals surface area contributed by atoms with Gasteiger partial charge in [0, 0.05) is 20.0 Å². The van der Waals surface area contributed by atoms with Crippen LogP contribution in [0.3, 0.4) is 0 Å². The van der Waals surface area contributed by atoms with E-state index in [2.05, 4.69) is 27.7 Å². The number of ether oxygens (including phenoxy) is 1. The van der Waals surface area contributed by atoms with Crippen molar-refractivity contribution in [3.05, 3.63) is 6.92 Å². The molecule has 1 radical (unpaired) electrons. The van der Waals surface area contributed by atoms with Gasteiger partial charge in [-0.3, -0.25) is 4.79 Å². The van der Waals surface area contributed by atoms with Crippen molar-refractivity contribution in [2.45, 2.75) is 65.4 Å². The van der Waals surface area contributed by atoms with Gasteiger partial charge in [0.25, 0.3) is 0 Å². The summed E-state index contributed by atoms with van der Waals surface area (Å²) in [6.07, 6.45) is 6.47. The van der Waals surface area contributed by atoms with Gasteiger partial charge in [-0.2, -0.15) is 0 Å². The summed E-state index contributed by atoms with van der Waals surface area (Å²) in [7, 11) is 1.85. The van der Waals surface area contributed by atoms with E-state index in [9.17, 15) is 4.79 Å². The van der Waals surface area contributed by atoms with Crippen LogP contribution in [0.25, 0.3) is 0 Å². The molecule has 0 amide bonds. The Hall–Kier alpha value is -0.370. The predicted octanol–water partition coefficient (Wildman–Crippen LogP) is 4.04. The maximum Gasteiger partial charge on any atom is 0.133 e. The average molecular weight is 277 g/mol. The second-order valence-corrected chi connectivity index (χ2v) is 8.52. The molecule has 3 aliphatic carbocycles. The van der Waals surface area contributed by atoms with Crippen molar-refractivity contribution in [2.24, 2.45) is 28.1 Å². The van der Waals surface area contributed by atoms with Crippen molar-refractivity contribution in [3.8, 4) is 0 Å². The molecule has 2 heteroatoms. The normalized spacial score (nSPS) is 50.6. The van der Waals surface area contributed by atoms with Gasteiger partial charge in [-0.25, -0.2) is 0 Å². The first kappa shape index (κ1) is 14.6. The molecule has 5 atom stereocenters. The van der Waals surface area contributed by atoms with Gasteiger partial charge in [-0.1, -0.05) is 20.8 Å². The van der Waals surface area contributed by atoms with Crippen molar-refractivity contribution in [1.29, 1.82) is 0 Å². The highest BCUT2D eigenvalue weighted by Gasteiger charge is 2.62. The number of rotatable bonds is 1. The van der Waals surface area contributed by atoms with Crippen LogP contribution in [0.1, 0.15) is 59.3 Å². The lowest BCUT2D eigenvalue weighted by Gasteiger charge is -2.62. The maximum atomic E-state index is 12.0. The van der Waals surface area contributed by atoms with Crippen LogP contribution in [0, 0.1) is 35.0 Å². The summed E-state index contributed by atoms with van der Waals surface area (Å²) in [5.41, 5.74) is 0.498. The van der Waals surface area contributed by atoms with Gasteiger partial charge < -0.3 is 4.74 Å². The van der Waals surface area contributed by atoms with E-state index in [4.69, 9.17) is 4.74 Å². The third-order valence-corrected chi connectivity index (χ3v) is 7.20. The SMILES string of the molecule is [CH2][C@]12CC[C@H]3C(C)(C)[C@@H](OC)CC[C@]3(C)[C@@H]1CC(=O)C2. The molecule has 0 aromatic rings. The number of fused-ring (bicyclic) bond motifs is 3. The van der Waals surface area contributed by atoms with E-state index in [1.807, 2.05) is 7.11 Å². The zero-order valence-corrected chi connectivity index (χ0v) is 13.5. The number of ketones is 1. The quantitative estimate of drug-likeness (QED) is 0.723. The third kappa shape index (κ3) is 1.76. The topological polar surface area (TPSA) is 26.3 Å². The molecule has 0 aromatic carbocycles. The summed E-state index contributed by atoms with van der Waals surface area (Å²) >= 11 is 0. The lowest BCUT2D eigenvalue weighted by molar-refractivity contribution is -0.166. The van der Waals surface area contributed by atoms with Crippen molar-refractivity contribution in [2.75, 3.05) is 7.11 Å². The molecule has 3 saturated carbocycles. The Morgan fingerprint density at radius 3 is 2.50 bits per heavy atom. The summed E-state index contributed by atoms with van der Waals surface area (Å²) in [6, 6.07) is 0. The first-order valence-corrected chi connectivity index (χ1v) is 8.14. The molecular weight excluding hydrogens is 248 g/mol. The molecule has 0 aliphatic heterocycles. The molecule has 0 aromatic heterocycles. The summed E-state index contributed by atoms with van der Waals surface area (Å²) in [4.78, 5) is 12.0. The Morgan fingerprint density at radius 2 is 1.85 bits per heavy atom. The Morgan fingerprint density at radius 1 is 1.15 bits per heavy atom. The van der Waals surface area contributed by atoms with Gasteiger partial charge in [0.05, 0.1) is 6.10 Å². The van der Waals surface area contributed by atoms with E-state index in [0.717, 1.165) is 19.3 Å². The van der Waals surface area contributed by atoms with E-state index in [0.29, 0.717) is 30.1 Å². The summed E-state index contributed by atoms with van der Waals surface area (Å²) < 4.78 is 5.78. The molecule has 113 valence electrons. The molecule has 2 nitrogen and oxygen atoms in total. The molecule has 3 fully saturated rings. The highest BCUT2D eigenvalue weighted by Crippen LogP contribution is 2.67. The first-order valence-electron chi connectivity index (χ1n) is 8.14. The molecular formula is C18H29O2. The Labute approximate surface area is 123 Å². The lowest BCUT2D eigenvalue weighted by atomic mass is 9.43. The van der Waals surface area contributed by atoms with Crippen LogP contribution in [-0.2, 0) is 9.53 Å². The average Bonchev–Trinajstić information content (AvgIpc) is 2.65. The van der Waals surface area contributed by atoms with Gasteiger partial charge >= 0.3 is 0 Å². The number of Topliss-reactive ketones (excluding diaryl/α,β-unsaturated/α-hetero) is 1. The highest BCUT2D eigenvalue weighted by molar-refractivity contribution is 5.82. The van der Waals surface area contributed by atoms with Crippen molar-refractivity contribution >= 4 is 5.78 Å². The molecule has 0 N–H and O–H groups in total. The minimum atomic E-state index is 0.0261. The molecule has 0 spiro atoms. The summed E-state index contributed by atoms with van der Waals surface area (Å²) in [5.74, 6) is 1.58. The minimum Gasteiger partial charge on any atom is -0.381 e. The molecule has 0 bridgehead atoms. The number of carbonyl (C=O) groups excluding carboxylic acids is 1. The first-order chi connectivity index (χ1) is 9.24. The van der Waals surface area contributed by atoms with Crippen molar-refractivity contribution in [3.63, 3.8) is 0 Å². The van der Waals surface area contributed by atoms with E-state index in [-0.39, 0.29) is 16.2 Å². The number of hydrogen-bond acceptors (Lipinski definition) is 2. The Balaban J connectivity index is 1.98. The molecule has 3 rings (SSSR count). The smallest absolute Gasteiger partial charge is 0.133 e. The monoisotopic (exact) mass is 277 g/mol. The van der Waals surface area contributed by atoms with Gasteiger partial charge in [-0.15, -0.1) is 0 Å². The van der Waals surface area contributed by atoms with Crippen molar-refractivity contribution < 1.29 is 9.53 Å². The lowest BCUT2D eigenvalue weighted by Crippen LogP contribution is -2.57. The standard InChI is InChI=1S/C18H29O2/c1-16(2)13-6-8-17(3)11-12(19)10-14(17)18(13,4)9-7-15(16)20-5/h13-15H,3,6-11H2,1-2,4-5H3/t13-,14+,15-,17+,18-/m0/s1. The molecule has 3 aliphatic rings. The highest BCUT2D eigenvalue weighted by atomic mass is 16.5. The van der Waals surface area contributed by atoms with Crippen LogP contribution in [0.15, 0.2) is 0 Å². The third-order valence-electron chi connectivity index (χ3n) is 7.20. The molecule has 0 heterocycles. The molecule has 0 saturated heterocycles. The van der Waals surface area contributed by atoms with Crippen LogP contribution in [0.5, 0.6) is 0 Å². The number of carbonyl (C=O) groups is 1. The predicted molar refractivity (Wildman–Crippen MR) is 80.2 cm³/mol. The van der Waals surface area contributed by atoms with Crippen LogP contribution in [-0.4, -0.2) is 19.0 Å². The Bertz CT molecular complexity index is 427. The summed E-state index contributed by atoms with van der Waals surface area (Å²) in [5, 5.41) is 0. The molecule has 0 unspecified atom stereocenters. The van der Waals surface area contributed by atoms with Gasteiger partial charge in [0.1, 0.15) is 5.78 Å². The van der Waals surface area contributed by atoms with E-state index in [1.165, 1.54) is 12.8 Å². The van der Waals surface area contributed by atoms with E-state index >= 15 is 0 Å². The Kier molecular flexibility index (Phi) is 3.14. The summed E-state index contributed by atoms with van der Waals surface area (Å²) in [6.45, 7) is 11.7. The number of methoxy groups -OCH3 is 1. The van der Waals surface area contributed by atoms with Crippen LogP contribution in [0.4, 0.5) is 0 Å². The number of hydrogen-bond donors (Lipinski definition) is 0. The fourth-order valence-corrected chi connectivity index (χ4v) is 6.26. The van der Waals surface area contributed by atoms with E-state index in [1.54, 1.807) is 0 Å². The minimum absolute atomic E-state index is 0.0261. The van der Waals surface area contributed by atoms with Gasteiger partial charge in [0.2, 0.25) is 0 Å². The maximum absolute atomic E-state index is 12.0. The van der Waals surface area contributed by atoms with Gasteiger partial charge in [0.15, 0.2) is 0 Å².